The number of carboxylic acid groups (broad SMARTS) is 1. The molecule has 0 aliphatic heterocycles. The van der Waals surface area contributed by atoms with Gasteiger partial charge in [0.05, 0.1) is 0 Å². The van der Waals surface area contributed by atoms with Crippen LogP contribution in [-0.4, -0.2) is 23.0 Å². The number of hydrogen-bond acceptors (Lipinski definition) is 2. The van der Waals surface area contributed by atoms with Gasteiger partial charge in [-0.2, -0.15) is 0 Å². The molecule has 1 unspecified atom stereocenters. The van der Waals surface area contributed by atoms with E-state index in [4.69, 9.17) is 5.11 Å². The van der Waals surface area contributed by atoms with Crippen molar-refractivity contribution < 1.29 is 44.3 Å². The van der Waals surface area contributed by atoms with E-state index in [9.17, 15) is 9.59 Å². The Bertz CT molecular complexity index is 411. The third-order valence-corrected chi connectivity index (χ3v) is 4.91. The van der Waals surface area contributed by atoms with E-state index in [-0.39, 0.29) is 41.4 Å². The van der Waals surface area contributed by atoms with Crippen molar-refractivity contribution in [2.24, 2.45) is 5.92 Å². The van der Waals surface area contributed by atoms with Crippen molar-refractivity contribution in [1.29, 1.82) is 0 Å². The molecule has 0 heterocycles. The maximum atomic E-state index is 11.8. The van der Waals surface area contributed by atoms with Crippen molar-refractivity contribution in [1.82, 2.24) is 5.32 Å². The first-order valence-corrected chi connectivity index (χ1v) is 11.2. The molecule has 1 amide bonds. The molecule has 0 saturated carbocycles. The number of unbranched alkanes of at least 4 members (excludes halogenated alkanes) is 11. The Morgan fingerprint density at radius 1 is 0.821 bits per heavy atom. The second-order valence-electron chi connectivity index (χ2n) is 7.96. The quantitative estimate of drug-likeness (QED) is 0.209. The molecule has 0 aromatic carbocycles. The summed E-state index contributed by atoms with van der Waals surface area (Å²) in [6.45, 7) is 5.87. The van der Waals surface area contributed by atoms with Gasteiger partial charge in [0.2, 0.25) is 5.91 Å². The van der Waals surface area contributed by atoms with Gasteiger partial charge in [-0.3, -0.25) is 4.79 Å². The summed E-state index contributed by atoms with van der Waals surface area (Å²) in [6.07, 6.45) is 21.0. The van der Waals surface area contributed by atoms with Crippen molar-refractivity contribution in [3.05, 3.63) is 12.2 Å². The number of nitrogens with one attached hydrogen (secondary N) is 1. The van der Waals surface area contributed by atoms with Crippen molar-refractivity contribution >= 4 is 11.9 Å². The smallest absolute Gasteiger partial charge is 0.480 e. The number of allylic oxidation sites excluding steroid dienone is 2. The van der Waals surface area contributed by atoms with E-state index in [0.29, 0.717) is 6.42 Å². The van der Waals surface area contributed by atoms with E-state index in [1.807, 2.05) is 0 Å². The molecule has 0 fully saturated rings. The fourth-order valence-corrected chi connectivity index (χ4v) is 3.12. The number of hydrogen-bond donors (Lipinski definition) is 2. The van der Waals surface area contributed by atoms with E-state index in [1.165, 1.54) is 57.8 Å². The van der Waals surface area contributed by atoms with Crippen LogP contribution in [0.25, 0.3) is 0 Å². The Kier molecular flexibility index (Phi) is 22.8. The molecular formula is C23H43NNaO3+. The molecule has 4 nitrogen and oxygen atoms in total. The van der Waals surface area contributed by atoms with Crippen LogP contribution in [0.3, 0.4) is 0 Å². The summed E-state index contributed by atoms with van der Waals surface area (Å²) in [5.74, 6) is -1.20. The number of rotatable bonds is 18. The predicted molar refractivity (Wildman–Crippen MR) is 114 cm³/mol. The molecule has 0 spiro atoms. The zero-order valence-corrected chi connectivity index (χ0v) is 21.0. The monoisotopic (exact) mass is 404 g/mol. The summed E-state index contributed by atoms with van der Waals surface area (Å²) in [4.78, 5) is 22.9. The Balaban J connectivity index is 0. The third-order valence-electron chi connectivity index (χ3n) is 4.91. The van der Waals surface area contributed by atoms with E-state index in [0.717, 1.165) is 25.7 Å². The molecule has 0 aromatic heterocycles. The Hall–Kier alpha value is -0.320. The molecule has 158 valence electrons. The van der Waals surface area contributed by atoms with Gasteiger partial charge in [0.15, 0.2) is 0 Å². The first-order chi connectivity index (χ1) is 13.0. The van der Waals surface area contributed by atoms with Gasteiger partial charge in [-0.05, 0) is 38.0 Å². The van der Waals surface area contributed by atoms with Gasteiger partial charge in [0.25, 0.3) is 0 Å². The van der Waals surface area contributed by atoms with Crippen LogP contribution in [0.15, 0.2) is 12.2 Å². The van der Waals surface area contributed by atoms with Gasteiger partial charge in [0.1, 0.15) is 6.04 Å². The molecule has 2 N–H and O–H groups in total. The summed E-state index contributed by atoms with van der Waals surface area (Å²) in [6, 6.07) is -0.777. The van der Waals surface area contributed by atoms with Crippen molar-refractivity contribution in [2.75, 3.05) is 0 Å². The van der Waals surface area contributed by atoms with Gasteiger partial charge in [-0.1, -0.05) is 84.3 Å². The average molecular weight is 405 g/mol. The number of carboxylic acids is 1. The molecule has 5 heteroatoms. The van der Waals surface area contributed by atoms with Gasteiger partial charge in [-0.25, -0.2) is 4.79 Å². The van der Waals surface area contributed by atoms with E-state index in [2.05, 4.69) is 24.4 Å². The SMILES string of the molecule is CCCCCCCC/C=C/CCCCCCCC(=O)NC(C(=O)O)C(C)C.[Na+]. The first-order valence-electron chi connectivity index (χ1n) is 11.2. The number of aliphatic carboxylic acids is 1. The first kappa shape index (κ1) is 29.9. The summed E-state index contributed by atoms with van der Waals surface area (Å²) >= 11 is 0. The van der Waals surface area contributed by atoms with Crippen LogP contribution in [0.4, 0.5) is 0 Å². The molecule has 0 aliphatic carbocycles. The van der Waals surface area contributed by atoms with Crippen LogP contribution in [0.1, 0.15) is 111 Å². The Morgan fingerprint density at radius 3 is 1.75 bits per heavy atom. The largest absolute Gasteiger partial charge is 1.00 e. The minimum absolute atomic E-state index is 0. The number of carbonyl (C=O) groups is 2. The zero-order chi connectivity index (χ0) is 20.3. The zero-order valence-electron chi connectivity index (χ0n) is 19.0. The maximum absolute atomic E-state index is 11.8. The summed E-state index contributed by atoms with van der Waals surface area (Å²) < 4.78 is 0. The van der Waals surface area contributed by atoms with Gasteiger partial charge < -0.3 is 10.4 Å². The van der Waals surface area contributed by atoms with E-state index >= 15 is 0 Å². The second-order valence-corrected chi connectivity index (χ2v) is 7.96. The van der Waals surface area contributed by atoms with Gasteiger partial charge >= 0.3 is 35.5 Å². The molecule has 0 rings (SSSR count). The maximum Gasteiger partial charge on any atom is 1.00 e. The summed E-state index contributed by atoms with van der Waals surface area (Å²) in [5, 5.41) is 11.7. The topological polar surface area (TPSA) is 66.4 Å². The molecule has 1 atom stereocenters. The average Bonchev–Trinajstić information content (AvgIpc) is 2.62. The molecule has 0 bridgehead atoms. The third kappa shape index (κ3) is 19.0. The summed E-state index contributed by atoms with van der Waals surface area (Å²) in [7, 11) is 0. The van der Waals surface area contributed by atoms with Crippen molar-refractivity contribution in [2.45, 2.75) is 117 Å². The number of carbonyl (C=O) groups excluding carboxylic acids is 1. The molecule has 0 aromatic rings. The van der Waals surface area contributed by atoms with Crippen LogP contribution in [0.5, 0.6) is 0 Å². The van der Waals surface area contributed by atoms with Crippen LogP contribution < -0.4 is 34.9 Å². The molecular weight excluding hydrogens is 361 g/mol. The van der Waals surface area contributed by atoms with Crippen molar-refractivity contribution in [3.8, 4) is 0 Å². The molecule has 0 saturated heterocycles. The van der Waals surface area contributed by atoms with Gasteiger partial charge in [0, 0.05) is 6.42 Å². The van der Waals surface area contributed by atoms with Crippen LogP contribution >= 0.6 is 0 Å². The van der Waals surface area contributed by atoms with E-state index in [1.54, 1.807) is 13.8 Å². The molecule has 0 radical (unpaired) electrons. The standard InChI is InChI=1S/C23H43NO3.Na/c1-4-5-6-7-8-9-10-11-12-13-14-15-16-17-18-19-21(25)24-22(20(2)3)23(26)27;/h11-12,20,22H,4-10,13-19H2,1-3H3,(H,24,25)(H,26,27);/q;+1/b12-11+;. The Morgan fingerprint density at radius 2 is 1.29 bits per heavy atom. The van der Waals surface area contributed by atoms with E-state index < -0.39 is 12.0 Å². The molecule has 0 aliphatic rings. The van der Waals surface area contributed by atoms with Crippen LogP contribution in [0.2, 0.25) is 0 Å². The fraction of sp³-hybridized carbons (Fsp3) is 0.826. The van der Waals surface area contributed by atoms with Crippen LogP contribution in [-0.2, 0) is 9.59 Å². The predicted octanol–water partition coefficient (Wildman–Crippen LogP) is 3.25. The Labute approximate surface area is 195 Å². The van der Waals surface area contributed by atoms with Crippen molar-refractivity contribution in [3.63, 3.8) is 0 Å². The van der Waals surface area contributed by atoms with Crippen LogP contribution in [0, 0.1) is 5.92 Å². The minimum Gasteiger partial charge on any atom is -0.480 e. The van der Waals surface area contributed by atoms with Gasteiger partial charge in [-0.15, -0.1) is 0 Å². The second kappa shape index (κ2) is 21.4. The molecule has 28 heavy (non-hydrogen) atoms. The fourth-order valence-electron chi connectivity index (χ4n) is 3.12. The number of amides is 1. The summed E-state index contributed by atoms with van der Waals surface area (Å²) in [5.41, 5.74) is 0. The minimum atomic E-state index is -0.956. The normalized spacial score (nSPS) is 12.1.